The topological polar surface area (TPSA) is 38.3 Å². The molecule has 1 aliphatic carbocycles. The van der Waals surface area contributed by atoms with Crippen LogP contribution >= 0.6 is 0 Å². The highest BCUT2D eigenvalue weighted by atomic mass is 16.5. The second-order valence-corrected chi connectivity index (χ2v) is 4.43. The fourth-order valence-electron chi connectivity index (χ4n) is 1.59. The summed E-state index contributed by atoms with van der Waals surface area (Å²) in [5.74, 6) is 0.203. The molecule has 0 aromatic carbocycles. The van der Waals surface area contributed by atoms with Crippen LogP contribution in [0, 0.1) is 5.92 Å². The third kappa shape index (κ3) is 4.65. The molecule has 1 atom stereocenters. The predicted octanol–water partition coefficient (Wildman–Crippen LogP) is 2.11. The summed E-state index contributed by atoms with van der Waals surface area (Å²) in [5, 5.41) is 3.29. The van der Waals surface area contributed by atoms with E-state index in [2.05, 4.69) is 12.2 Å². The van der Waals surface area contributed by atoms with Crippen molar-refractivity contribution in [1.82, 2.24) is 5.32 Å². The third-order valence-electron chi connectivity index (χ3n) is 2.89. The lowest BCUT2D eigenvalue weighted by atomic mass is 9.86. The Balaban J connectivity index is 2.01. The maximum absolute atomic E-state index is 11.5. The first-order chi connectivity index (χ1) is 7.24. The number of hydrogen-bond acceptors (Lipinski definition) is 3. The second kappa shape index (κ2) is 6.83. The molecular formula is C12H23NO2. The smallest absolute Gasteiger partial charge is 0.309 e. The summed E-state index contributed by atoms with van der Waals surface area (Å²) in [4.78, 5) is 11.5. The van der Waals surface area contributed by atoms with Crippen LogP contribution in [-0.2, 0) is 9.53 Å². The highest BCUT2D eigenvalue weighted by Crippen LogP contribution is 2.27. The van der Waals surface area contributed by atoms with Crippen molar-refractivity contribution in [3.63, 3.8) is 0 Å². The lowest BCUT2D eigenvalue weighted by Gasteiger charge is -2.25. The van der Waals surface area contributed by atoms with E-state index >= 15 is 0 Å². The summed E-state index contributed by atoms with van der Waals surface area (Å²) in [5.41, 5.74) is 0. The molecular weight excluding hydrogens is 190 g/mol. The Hall–Kier alpha value is -0.570. The molecule has 1 rings (SSSR count). The fraction of sp³-hybridized carbons (Fsp3) is 0.917. The molecule has 0 aromatic rings. The largest absolute Gasteiger partial charge is 0.461 e. The lowest BCUT2D eigenvalue weighted by Crippen LogP contribution is -2.33. The fourth-order valence-corrected chi connectivity index (χ4v) is 1.59. The van der Waals surface area contributed by atoms with E-state index in [-0.39, 0.29) is 18.0 Å². The minimum atomic E-state index is 0.00559. The van der Waals surface area contributed by atoms with Gasteiger partial charge in [-0.1, -0.05) is 19.8 Å². The summed E-state index contributed by atoms with van der Waals surface area (Å²) in [6.07, 6.45) is 5.62. The SMILES string of the molecule is CCCCNCC(C)OC(=O)C1CCC1. The zero-order valence-corrected chi connectivity index (χ0v) is 9.92. The molecule has 0 bridgehead atoms. The molecule has 0 spiro atoms. The molecule has 88 valence electrons. The highest BCUT2D eigenvalue weighted by molar-refractivity contribution is 5.73. The number of ether oxygens (including phenoxy) is 1. The van der Waals surface area contributed by atoms with Gasteiger partial charge in [-0.15, -0.1) is 0 Å². The van der Waals surface area contributed by atoms with Gasteiger partial charge in [-0.2, -0.15) is 0 Å². The van der Waals surface area contributed by atoms with E-state index in [9.17, 15) is 4.79 Å². The number of rotatable bonds is 7. The minimum Gasteiger partial charge on any atom is -0.461 e. The van der Waals surface area contributed by atoms with Gasteiger partial charge in [-0.25, -0.2) is 0 Å². The van der Waals surface area contributed by atoms with Gasteiger partial charge in [0.2, 0.25) is 0 Å². The van der Waals surface area contributed by atoms with E-state index in [1.165, 1.54) is 19.3 Å². The van der Waals surface area contributed by atoms with Crippen LogP contribution in [-0.4, -0.2) is 25.2 Å². The van der Waals surface area contributed by atoms with E-state index in [1.54, 1.807) is 0 Å². The summed E-state index contributed by atoms with van der Waals surface area (Å²) in [7, 11) is 0. The zero-order chi connectivity index (χ0) is 11.1. The average molecular weight is 213 g/mol. The standard InChI is InChI=1S/C12H23NO2/c1-3-4-8-13-9-10(2)15-12(14)11-6-5-7-11/h10-11,13H,3-9H2,1-2H3. The van der Waals surface area contributed by atoms with Gasteiger partial charge in [0.1, 0.15) is 6.10 Å². The Morgan fingerprint density at radius 1 is 1.53 bits per heavy atom. The minimum absolute atomic E-state index is 0.00559. The van der Waals surface area contributed by atoms with Crippen LogP contribution in [0.25, 0.3) is 0 Å². The predicted molar refractivity (Wildman–Crippen MR) is 60.7 cm³/mol. The first kappa shape index (κ1) is 12.5. The lowest BCUT2D eigenvalue weighted by molar-refractivity contribution is -0.155. The van der Waals surface area contributed by atoms with Gasteiger partial charge >= 0.3 is 5.97 Å². The highest BCUT2D eigenvalue weighted by Gasteiger charge is 2.27. The quantitative estimate of drug-likeness (QED) is 0.520. The van der Waals surface area contributed by atoms with Gasteiger partial charge in [-0.3, -0.25) is 4.79 Å². The van der Waals surface area contributed by atoms with Crippen LogP contribution in [0.4, 0.5) is 0 Å². The summed E-state index contributed by atoms with van der Waals surface area (Å²) in [6.45, 7) is 5.91. The summed E-state index contributed by atoms with van der Waals surface area (Å²) >= 11 is 0. The van der Waals surface area contributed by atoms with E-state index in [4.69, 9.17) is 4.74 Å². The number of carbonyl (C=O) groups excluding carboxylic acids is 1. The molecule has 15 heavy (non-hydrogen) atoms. The van der Waals surface area contributed by atoms with Crippen molar-refractivity contribution in [2.24, 2.45) is 5.92 Å². The molecule has 0 amide bonds. The molecule has 0 aromatic heterocycles. The molecule has 1 N–H and O–H groups in total. The Morgan fingerprint density at radius 2 is 2.27 bits per heavy atom. The van der Waals surface area contributed by atoms with Crippen molar-refractivity contribution in [2.75, 3.05) is 13.1 Å². The first-order valence-electron chi connectivity index (χ1n) is 6.15. The van der Waals surface area contributed by atoms with Crippen molar-refractivity contribution in [2.45, 2.75) is 52.1 Å². The number of unbranched alkanes of at least 4 members (excludes halogenated alkanes) is 1. The van der Waals surface area contributed by atoms with Crippen molar-refractivity contribution >= 4 is 5.97 Å². The van der Waals surface area contributed by atoms with Crippen molar-refractivity contribution < 1.29 is 9.53 Å². The number of hydrogen-bond donors (Lipinski definition) is 1. The Morgan fingerprint density at radius 3 is 2.80 bits per heavy atom. The van der Waals surface area contributed by atoms with Crippen molar-refractivity contribution in [3.05, 3.63) is 0 Å². The van der Waals surface area contributed by atoms with Crippen molar-refractivity contribution in [3.8, 4) is 0 Å². The number of esters is 1. The van der Waals surface area contributed by atoms with Gasteiger partial charge in [0.05, 0.1) is 5.92 Å². The normalized spacial score (nSPS) is 18.3. The average Bonchev–Trinajstić information content (AvgIpc) is 2.09. The monoisotopic (exact) mass is 213 g/mol. The molecule has 0 heterocycles. The number of carbonyl (C=O) groups is 1. The van der Waals surface area contributed by atoms with Crippen LogP contribution in [0.2, 0.25) is 0 Å². The van der Waals surface area contributed by atoms with Crippen LogP contribution in [0.1, 0.15) is 46.0 Å². The number of nitrogens with one attached hydrogen (secondary N) is 1. The molecule has 0 radical (unpaired) electrons. The second-order valence-electron chi connectivity index (χ2n) is 4.43. The summed E-state index contributed by atoms with van der Waals surface area (Å²) in [6, 6.07) is 0. The van der Waals surface area contributed by atoms with Gasteiger partial charge in [0, 0.05) is 6.54 Å². The Bertz CT molecular complexity index is 190. The van der Waals surface area contributed by atoms with Gasteiger partial charge in [-0.05, 0) is 32.7 Å². The maximum Gasteiger partial charge on any atom is 0.309 e. The molecule has 1 fully saturated rings. The maximum atomic E-state index is 11.5. The first-order valence-corrected chi connectivity index (χ1v) is 6.15. The van der Waals surface area contributed by atoms with Gasteiger partial charge in [0.15, 0.2) is 0 Å². The molecule has 3 heteroatoms. The van der Waals surface area contributed by atoms with E-state index in [0.29, 0.717) is 0 Å². The Kier molecular flexibility index (Phi) is 5.69. The molecule has 0 aliphatic heterocycles. The van der Waals surface area contributed by atoms with Crippen LogP contribution in [0.15, 0.2) is 0 Å². The van der Waals surface area contributed by atoms with E-state index in [1.807, 2.05) is 6.92 Å². The van der Waals surface area contributed by atoms with Crippen LogP contribution in [0.3, 0.4) is 0 Å². The van der Waals surface area contributed by atoms with E-state index < -0.39 is 0 Å². The Labute approximate surface area is 92.6 Å². The summed E-state index contributed by atoms with van der Waals surface area (Å²) < 4.78 is 5.33. The van der Waals surface area contributed by atoms with Gasteiger partial charge in [0.25, 0.3) is 0 Å². The van der Waals surface area contributed by atoms with Crippen LogP contribution < -0.4 is 5.32 Å². The third-order valence-corrected chi connectivity index (χ3v) is 2.89. The molecule has 1 saturated carbocycles. The molecule has 1 unspecified atom stereocenters. The van der Waals surface area contributed by atoms with Crippen molar-refractivity contribution in [1.29, 1.82) is 0 Å². The van der Waals surface area contributed by atoms with E-state index in [0.717, 1.165) is 25.9 Å². The molecule has 1 aliphatic rings. The molecule has 0 saturated heterocycles. The molecule has 3 nitrogen and oxygen atoms in total. The van der Waals surface area contributed by atoms with Gasteiger partial charge < -0.3 is 10.1 Å². The zero-order valence-electron chi connectivity index (χ0n) is 9.92. The van der Waals surface area contributed by atoms with Crippen LogP contribution in [0.5, 0.6) is 0 Å².